The Balaban J connectivity index is 1.40. The molecule has 2 aromatic rings. The summed E-state index contributed by atoms with van der Waals surface area (Å²) in [6.45, 7) is 1.50. The first-order chi connectivity index (χ1) is 11.0. The number of rotatable bonds is 2. The molecule has 0 bridgehead atoms. The Morgan fingerprint density at radius 1 is 1.26 bits per heavy atom. The highest BCUT2D eigenvalue weighted by Gasteiger charge is 2.41. The first-order valence-corrected chi connectivity index (χ1v) is 8.51. The van der Waals surface area contributed by atoms with Gasteiger partial charge < -0.3 is 9.80 Å². The Hall–Kier alpha value is -1.83. The van der Waals surface area contributed by atoms with Crippen LogP contribution in [-0.4, -0.2) is 52.9 Å². The second-order valence-electron chi connectivity index (χ2n) is 6.12. The van der Waals surface area contributed by atoms with Crippen molar-refractivity contribution in [3.63, 3.8) is 0 Å². The number of nitrogens with zero attached hydrogens (tertiary/aromatic N) is 4. The third-order valence-corrected chi connectivity index (χ3v) is 5.40. The molecule has 2 fully saturated rings. The highest BCUT2D eigenvalue weighted by atomic mass is 32.1. The van der Waals surface area contributed by atoms with Gasteiger partial charge in [-0.05, 0) is 11.4 Å². The number of fused-ring (bicyclic) bond motifs is 1. The van der Waals surface area contributed by atoms with Gasteiger partial charge in [0.2, 0.25) is 5.91 Å². The third kappa shape index (κ3) is 2.65. The number of carbonyl (C=O) groups is 1. The van der Waals surface area contributed by atoms with Crippen molar-refractivity contribution in [1.82, 2.24) is 14.9 Å². The van der Waals surface area contributed by atoms with E-state index < -0.39 is 5.92 Å². The maximum absolute atomic E-state index is 13.2. The number of piperidine rings is 1. The molecule has 2 saturated heterocycles. The van der Waals surface area contributed by atoms with Gasteiger partial charge in [0.25, 0.3) is 5.92 Å². The molecule has 0 spiro atoms. The molecule has 0 aliphatic carbocycles. The standard InChI is InChI=1S/C15H16F2N4OS/c16-15(17)2-4-20(5-3-15)14(22)10-7-21(8-10)12-11-1-6-23-13(11)19-9-18-12/h1,6,9-10H,2-5,7-8H2. The first kappa shape index (κ1) is 14.7. The number of likely N-dealkylation sites (tertiary alicyclic amines) is 1. The number of hydrogen-bond acceptors (Lipinski definition) is 5. The molecule has 0 unspecified atom stereocenters. The summed E-state index contributed by atoms with van der Waals surface area (Å²) in [6, 6.07) is 1.98. The van der Waals surface area contributed by atoms with Crippen LogP contribution in [0.4, 0.5) is 14.6 Å². The van der Waals surface area contributed by atoms with E-state index in [9.17, 15) is 13.6 Å². The van der Waals surface area contributed by atoms with Crippen LogP contribution < -0.4 is 4.90 Å². The SMILES string of the molecule is O=C(C1CN(c2ncnc3sccc23)C1)N1CCC(F)(F)CC1. The van der Waals surface area contributed by atoms with E-state index >= 15 is 0 Å². The van der Waals surface area contributed by atoms with Crippen molar-refractivity contribution in [1.29, 1.82) is 0 Å². The van der Waals surface area contributed by atoms with Crippen molar-refractivity contribution in [3.05, 3.63) is 17.8 Å². The number of carbonyl (C=O) groups excluding carboxylic acids is 1. The van der Waals surface area contributed by atoms with Gasteiger partial charge in [0.05, 0.1) is 11.3 Å². The molecule has 23 heavy (non-hydrogen) atoms. The summed E-state index contributed by atoms with van der Waals surface area (Å²) in [5.74, 6) is -1.89. The van der Waals surface area contributed by atoms with Gasteiger partial charge in [0.15, 0.2) is 0 Å². The predicted octanol–water partition coefficient (Wildman–Crippen LogP) is 2.39. The highest BCUT2D eigenvalue weighted by Crippen LogP contribution is 2.33. The molecule has 8 heteroatoms. The number of aromatic nitrogens is 2. The van der Waals surface area contributed by atoms with Gasteiger partial charge in [-0.3, -0.25) is 4.79 Å². The van der Waals surface area contributed by atoms with E-state index in [2.05, 4.69) is 14.9 Å². The van der Waals surface area contributed by atoms with Crippen molar-refractivity contribution in [2.24, 2.45) is 5.92 Å². The van der Waals surface area contributed by atoms with Gasteiger partial charge in [0.1, 0.15) is 17.0 Å². The molecule has 5 nitrogen and oxygen atoms in total. The van der Waals surface area contributed by atoms with Crippen LogP contribution >= 0.6 is 11.3 Å². The van der Waals surface area contributed by atoms with E-state index in [0.717, 1.165) is 16.0 Å². The van der Waals surface area contributed by atoms with E-state index in [0.29, 0.717) is 13.1 Å². The topological polar surface area (TPSA) is 49.3 Å². The minimum Gasteiger partial charge on any atom is -0.354 e. The summed E-state index contributed by atoms with van der Waals surface area (Å²) in [7, 11) is 0. The van der Waals surface area contributed by atoms with Crippen LogP contribution in [0.5, 0.6) is 0 Å². The Labute approximate surface area is 135 Å². The van der Waals surface area contributed by atoms with Crippen LogP contribution in [0, 0.1) is 5.92 Å². The van der Waals surface area contributed by atoms with Gasteiger partial charge in [-0.1, -0.05) is 0 Å². The fraction of sp³-hybridized carbons (Fsp3) is 0.533. The molecule has 0 saturated carbocycles. The summed E-state index contributed by atoms with van der Waals surface area (Å²) in [5, 5.41) is 2.97. The lowest BCUT2D eigenvalue weighted by atomic mass is 9.96. The molecule has 2 aliphatic rings. The molecular formula is C15H16F2N4OS. The maximum atomic E-state index is 13.2. The van der Waals surface area contributed by atoms with Crippen LogP contribution in [0.1, 0.15) is 12.8 Å². The monoisotopic (exact) mass is 338 g/mol. The molecule has 4 heterocycles. The quantitative estimate of drug-likeness (QED) is 0.844. The van der Waals surface area contributed by atoms with Crippen molar-refractivity contribution in [2.75, 3.05) is 31.1 Å². The van der Waals surface area contributed by atoms with E-state index in [1.165, 1.54) is 6.33 Å². The van der Waals surface area contributed by atoms with E-state index in [1.54, 1.807) is 16.2 Å². The molecular weight excluding hydrogens is 322 g/mol. The average Bonchev–Trinajstić information content (AvgIpc) is 2.94. The van der Waals surface area contributed by atoms with Gasteiger partial charge >= 0.3 is 0 Å². The summed E-state index contributed by atoms with van der Waals surface area (Å²) >= 11 is 1.56. The molecule has 1 amide bonds. The number of alkyl halides is 2. The summed E-state index contributed by atoms with van der Waals surface area (Å²) in [6.07, 6.45) is 1.09. The first-order valence-electron chi connectivity index (χ1n) is 7.63. The van der Waals surface area contributed by atoms with Crippen LogP contribution in [0.25, 0.3) is 10.2 Å². The molecule has 122 valence electrons. The van der Waals surface area contributed by atoms with Crippen LogP contribution in [-0.2, 0) is 4.79 Å². The van der Waals surface area contributed by atoms with Gasteiger partial charge in [0, 0.05) is 39.0 Å². The highest BCUT2D eigenvalue weighted by molar-refractivity contribution is 7.16. The normalized spacial score (nSPS) is 21.5. The summed E-state index contributed by atoms with van der Waals surface area (Å²) < 4.78 is 26.4. The Bertz CT molecular complexity index is 734. The number of amides is 1. The van der Waals surface area contributed by atoms with Gasteiger partial charge in [-0.25, -0.2) is 18.7 Å². The molecule has 0 aromatic carbocycles. The zero-order valence-corrected chi connectivity index (χ0v) is 13.2. The lowest BCUT2D eigenvalue weighted by molar-refractivity contribution is -0.142. The molecule has 0 N–H and O–H groups in total. The molecule has 4 rings (SSSR count). The predicted molar refractivity (Wildman–Crippen MR) is 83.9 cm³/mol. The van der Waals surface area contributed by atoms with Crippen molar-refractivity contribution < 1.29 is 13.6 Å². The fourth-order valence-electron chi connectivity index (χ4n) is 3.15. The molecule has 0 atom stereocenters. The number of anilines is 1. The Kier molecular flexibility index (Phi) is 3.44. The lowest BCUT2D eigenvalue weighted by Crippen LogP contribution is -2.56. The number of hydrogen-bond donors (Lipinski definition) is 0. The Morgan fingerprint density at radius 2 is 2.00 bits per heavy atom. The lowest BCUT2D eigenvalue weighted by Gasteiger charge is -2.42. The molecule has 0 radical (unpaired) electrons. The van der Waals surface area contributed by atoms with E-state index in [4.69, 9.17) is 0 Å². The fourth-order valence-corrected chi connectivity index (χ4v) is 3.88. The largest absolute Gasteiger partial charge is 0.354 e. The van der Waals surface area contributed by atoms with Crippen molar-refractivity contribution >= 4 is 33.3 Å². The average molecular weight is 338 g/mol. The minimum absolute atomic E-state index is 0.00707. The second-order valence-corrected chi connectivity index (χ2v) is 7.01. The zero-order valence-electron chi connectivity index (χ0n) is 12.4. The van der Waals surface area contributed by atoms with Crippen molar-refractivity contribution in [2.45, 2.75) is 18.8 Å². The smallest absolute Gasteiger partial charge is 0.251 e. The van der Waals surface area contributed by atoms with Crippen LogP contribution in [0.3, 0.4) is 0 Å². The van der Waals surface area contributed by atoms with Gasteiger partial charge in [-0.2, -0.15) is 0 Å². The minimum atomic E-state index is -2.62. The number of halogens is 2. The molecule has 2 aromatic heterocycles. The second kappa shape index (κ2) is 5.36. The third-order valence-electron chi connectivity index (χ3n) is 4.58. The maximum Gasteiger partial charge on any atom is 0.251 e. The van der Waals surface area contributed by atoms with E-state index in [-0.39, 0.29) is 37.8 Å². The summed E-state index contributed by atoms with van der Waals surface area (Å²) in [5.41, 5.74) is 0. The summed E-state index contributed by atoms with van der Waals surface area (Å²) in [4.78, 5) is 25.5. The van der Waals surface area contributed by atoms with E-state index in [1.807, 2.05) is 11.4 Å². The number of thiophene rings is 1. The zero-order chi connectivity index (χ0) is 16.0. The van der Waals surface area contributed by atoms with Gasteiger partial charge in [-0.15, -0.1) is 11.3 Å². The van der Waals surface area contributed by atoms with Crippen LogP contribution in [0.2, 0.25) is 0 Å². The van der Waals surface area contributed by atoms with Crippen LogP contribution in [0.15, 0.2) is 17.8 Å². The molecule has 2 aliphatic heterocycles. The Morgan fingerprint density at radius 3 is 2.74 bits per heavy atom. The van der Waals surface area contributed by atoms with Crippen molar-refractivity contribution in [3.8, 4) is 0 Å².